The van der Waals surface area contributed by atoms with Crippen LogP contribution in [-0.2, 0) is 33.3 Å². The number of amides is 1. The summed E-state index contributed by atoms with van der Waals surface area (Å²) in [5, 5.41) is 2.69. The summed E-state index contributed by atoms with van der Waals surface area (Å²) in [7, 11) is 0. The van der Waals surface area contributed by atoms with Crippen molar-refractivity contribution in [1.82, 2.24) is 5.32 Å². The molecule has 0 radical (unpaired) electrons. The van der Waals surface area contributed by atoms with Crippen LogP contribution in [0.4, 0.5) is 4.79 Å². The summed E-state index contributed by atoms with van der Waals surface area (Å²) in [4.78, 5) is 38.1. The molecule has 0 aromatic heterocycles. The number of alkyl carbamates (subject to hydrolysis) is 1. The van der Waals surface area contributed by atoms with Gasteiger partial charge in [0, 0.05) is 26.2 Å². The number of hydrogen-bond acceptors (Lipinski definition) is 8. The van der Waals surface area contributed by atoms with Crippen LogP contribution in [0.1, 0.15) is 182 Å². The molecule has 9 heteroatoms. The van der Waals surface area contributed by atoms with Gasteiger partial charge in [0.25, 0.3) is 0 Å². The number of esters is 2. The molecule has 1 amide bonds. The van der Waals surface area contributed by atoms with Gasteiger partial charge >= 0.3 is 18.0 Å². The molecule has 9 nitrogen and oxygen atoms in total. The fourth-order valence-corrected chi connectivity index (χ4v) is 5.51. The van der Waals surface area contributed by atoms with Crippen molar-refractivity contribution < 1.29 is 38.1 Å². The Bertz CT molecular complexity index is 747. The second-order valence-electron chi connectivity index (χ2n) is 13.6. The highest BCUT2D eigenvalue weighted by atomic mass is 16.7. The minimum absolute atomic E-state index is 0.00873. The van der Waals surface area contributed by atoms with Gasteiger partial charge in [0.05, 0.1) is 18.3 Å². The predicted molar refractivity (Wildman–Crippen MR) is 199 cm³/mol. The van der Waals surface area contributed by atoms with Gasteiger partial charge in [-0.15, -0.1) is 0 Å². The van der Waals surface area contributed by atoms with Crippen LogP contribution < -0.4 is 5.32 Å². The molecule has 0 rings (SSSR count). The lowest BCUT2D eigenvalue weighted by Gasteiger charge is -2.21. The Morgan fingerprint density at radius 2 is 1.00 bits per heavy atom. The predicted octanol–water partition coefficient (Wildman–Crippen LogP) is 10.5. The van der Waals surface area contributed by atoms with Crippen LogP contribution in [0.15, 0.2) is 0 Å². The zero-order valence-corrected chi connectivity index (χ0v) is 32.5. The number of hydrogen-bond donors (Lipinski definition) is 1. The van der Waals surface area contributed by atoms with Crippen LogP contribution in [0.3, 0.4) is 0 Å². The third kappa shape index (κ3) is 30.7. The second kappa shape index (κ2) is 35.9. The zero-order chi connectivity index (χ0) is 36.2. The first-order chi connectivity index (χ1) is 23.9. The largest absolute Gasteiger partial charge is 0.465 e. The Balaban J connectivity index is 5.04. The number of carbonyl (C=O) groups is 3. The standard InChI is InChI=1S/C40H77NO8/c1-6-11-15-18-20-23-30-45-38(46-31-24-21-19-16-12-7-2)28-27-37(42)47-32-35(34-49-40(44)41-29-10-5)33-48-39(43)36(25-14-9-4)26-22-17-13-8-3/h35-36,38H,6-34H2,1-5H3,(H,41,44). The van der Waals surface area contributed by atoms with Gasteiger partial charge in [-0.05, 0) is 32.1 Å². The minimum Gasteiger partial charge on any atom is -0.465 e. The van der Waals surface area contributed by atoms with Gasteiger partial charge in [0.1, 0.15) is 19.8 Å². The van der Waals surface area contributed by atoms with E-state index in [1.54, 1.807) is 0 Å². The van der Waals surface area contributed by atoms with Gasteiger partial charge in [-0.2, -0.15) is 0 Å². The number of nitrogens with one attached hydrogen (secondary N) is 1. The van der Waals surface area contributed by atoms with E-state index < -0.39 is 18.3 Å². The van der Waals surface area contributed by atoms with Crippen molar-refractivity contribution in [3.05, 3.63) is 0 Å². The van der Waals surface area contributed by atoms with Gasteiger partial charge in [0.2, 0.25) is 0 Å². The monoisotopic (exact) mass is 700 g/mol. The van der Waals surface area contributed by atoms with Crippen LogP contribution in [0, 0.1) is 11.8 Å². The minimum atomic E-state index is -0.533. The van der Waals surface area contributed by atoms with Crippen LogP contribution in [0.25, 0.3) is 0 Å². The Kier molecular flexibility index (Phi) is 34.6. The van der Waals surface area contributed by atoms with E-state index in [1.807, 2.05) is 6.92 Å². The van der Waals surface area contributed by atoms with Crippen LogP contribution >= 0.6 is 0 Å². The summed E-state index contributed by atoms with van der Waals surface area (Å²) in [6.07, 6.45) is 22.6. The molecule has 0 fully saturated rings. The lowest BCUT2D eigenvalue weighted by molar-refractivity contribution is -0.161. The van der Waals surface area contributed by atoms with Crippen molar-refractivity contribution >= 4 is 18.0 Å². The van der Waals surface area contributed by atoms with Gasteiger partial charge < -0.3 is 29.0 Å². The van der Waals surface area contributed by atoms with Crippen LogP contribution in [0.5, 0.6) is 0 Å². The molecule has 0 saturated heterocycles. The highest BCUT2D eigenvalue weighted by molar-refractivity contribution is 5.72. The number of unbranched alkanes of at least 4 members (excludes halogenated alkanes) is 14. The third-order valence-electron chi connectivity index (χ3n) is 8.74. The normalized spacial score (nSPS) is 12.5. The first-order valence-electron chi connectivity index (χ1n) is 20.4. The van der Waals surface area contributed by atoms with E-state index in [1.165, 1.54) is 51.4 Å². The van der Waals surface area contributed by atoms with Gasteiger partial charge in [-0.1, -0.05) is 137 Å². The van der Waals surface area contributed by atoms with Gasteiger partial charge in [-0.25, -0.2) is 4.79 Å². The maximum absolute atomic E-state index is 13.1. The fourth-order valence-electron chi connectivity index (χ4n) is 5.51. The molecule has 290 valence electrons. The lowest BCUT2D eigenvalue weighted by atomic mass is 9.95. The molecule has 0 saturated carbocycles. The highest BCUT2D eigenvalue weighted by Crippen LogP contribution is 2.20. The van der Waals surface area contributed by atoms with Gasteiger partial charge in [-0.3, -0.25) is 9.59 Å². The molecule has 0 aromatic rings. The lowest BCUT2D eigenvalue weighted by Crippen LogP contribution is -2.31. The van der Waals surface area contributed by atoms with E-state index in [2.05, 4.69) is 33.0 Å². The number of rotatable bonds is 36. The van der Waals surface area contributed by atoms with Crippen molar-refractivity contribution in [2.24, 2.45) is 11.8 Å². The summed E-state index contributed by atoms with van der Waals surface area (Å²) in [6, 6.07) is 0. The van der Waals surface area contributed by atoms with Crippen LogP contribution in [-0.4, -0.2) is 63.9 Å². The van der Waals surface area contributed by atoms with E-state index in [0.717, 1.165) is 83.5 Å². The Hall–Kier alpha value is -1.87. The fraction of sp³-hybridized carbons (Fsp3) is 0.925. The molecule has 0 aromatic carbocycles. The first-order valence-corrected chi connectivity index (χ1v) is 20.4. The Labute approximate surface area is 301 Å². The molecule has 0 heterocycles. The Morgan fingerprint density at radius 1 is 0.510 bits per heavy atom. The summed E-state index contributed by atoms with van der Waals surface area (Å²) >= 11 is 0. The zero-order valence-electron chi connectivity index (χ0n) is 32.5. The molecule has 49 heavy (non-hydrogen) atoms. The molecule has 0 spiro atoms. The van der Waals surface area contributed by atoms with E-state index in [0.29, 0.717) is 26.2 Å². The van der Waals surface area contributed by atoms with Gasteiger partial charge in [0.15, 0.2) is 6.29 Å². The average Bonchev–Trinajstić information content (AvgIpc) is 3.10. The molecule has 1 N–H and O–H groups in total. The summed E-state index contributed by atoms with van der Waals surface area (Å²) in [5.74, 6) is -1.20. The number of carbonyl (C=O) groups excluding carboxylic acids is 3. The molecular formula is C40H77NO8. The van der Waals surface area contributed by atoms with E-state index in [9.17, 15) is 14.4 Å². The second-order valence-corrected chi connectivity index (χ2v) is 13.6. The quantitative estimate of drug-likeness (QED) is 0.0298. The van der Waals surface area contributed by atoms with E-state index in [-0.39, 0.29) is 44.1 Å². The molecule has 2 atom stereocenters. The molecule has 0 bridgehead atoms. The van der Waals surface area contributed by atoms with E-state index in [4.69, 9.17) is 23.7 Å². The van der Waals surface area contributed by atoms with E-state index >= 15 is 0 Å². The van der Waals surface area contributed by atoms with Crippen molar-refractivity contribution in [1.29, 1.82) is 0 Å². The maximum atomic E-state index is 13.1. The van der Waals surface area contributed by atoms with Crippen LogP contribution in [0.2, 0.25) is 0 Å². The molecule has 0 aliphatic carbocycles. The molecule has 0 aliphatic heterocycles. The Morgan fingerprint density at radius 3 is 1.57 bits per heavy atom. The first kappa shape index (κ1) is 47.1. The number of ether oxygens (including phenoxy) is 5. The summed E-state index contributed by atoms with van der Waals surface area (Å²) in [5.41, 5.74) is 0. The van der Waals surface area contributed by atoms with Crippen molar-refractivity contribution in [2.75, 3.05) is 39.6 Å². The smallest absolute Gasteiger partial charge is 0.407 e. The van der Waals surface area contributed by atoms with Crippen molar-refractivity contribution in [3.63, 3.8) is 0 Å². The molecule has 2 unspecified atom stereocenters. The topological polar surface area (TPSA) is 109 Å². The third-order valence-corrected chi connectivity index (χ3v) is 8.74. The molecule has 0 aliphatic rings. The van der Waals surface area contributed by atoms with Crippen molar-refractivity contribution in [3.8, 4) is 0 Å². The summed E-state index contributed by atoms with van der Waals surface area (Å²) < 4.78 is 28.9. The van der Waals surface area contributed by atoms with Crippen molar-refractivity contribution in [2.45, 2.75) is 189 Å². The average molecular weight is 700 g/mol. The SMILES string of the molecule is CCCCCCCCOC(CCC(=O)OCC(COC(=O)NCCC)COC(=O)C(CCCC)CCCCCC)OCCCCCCCC. The highest BCUT2D eigenvalue weighted by Gasteiger charge is 2.23. The summed E-state index contributed by atoms with van der Waals surface area (Å²) in [6.45, 7) is 12.4. The molecular weight excluding hydrogens is 622 g/mol. The maximum Gasteiger partial charge on any atom is 0.407 e.